The van der Waals surface area contributed by atoms with Gasteiger partial charge in [-0.05, 0) is 13.8 Å². The van der Waals surface area contributed by atoms with Gasteiger partial charge in [0, 0.05) is 13.2 Å². The molecule has 4 amide bonds. The molecular weight excluding hydrogens is 280 g/mol. The van der Waals surface area contributed by atoms with Crippen LogP contribution in [0.1, 0.15) is 13.8 Å². The number of hydrogen-bond donors (Lipinski definition) is 1. The molecule has 1 heterocycles. The van der Waals surface area contributed by atoms with E-state index in [1.165, 1.54) is 14.1 Å². The van der Waals surface area contributed by atoms with Crippen LogP contribution in [0.5, 0.6) is 0 Å². The lowest BCUT2D eigenvalue weighted by molar-refractivity contribution is -0.401. The fourth-order valence-electron chi connectivity index (χ4n) is 1.60. The maximum atomic E-state index is 12.0. The molecule has 116 valence electrons. The van der Waals surface area contributed by atoms with Crippen molar-refractivity contribution >= 4 is 29.4 Å². The van der Waals surface area contributed by atoms with Crippen molar-refractivity contribution in [1.82, 2.24) is 4.90 Å². The molecule has 0 bridgehead atoms. The Bertz CT molecular complexity index is 520. The number of nitrogens with two attached hydrogens (primary N) is 1. The summed E-state index contributed by atoms with van der Waals surface area (Å²) in [4.78, 5) is 40.1. The number of rotatable bonds is 5. The number of urea groups is 1. The van der Waals surface area contributed by atoms with Crippen LogP contribution in [-0.4, -0.2) is 72.5 Å². The van der Waals surface area contributed by atoms with Gasteiger partial charge in [0.2, 0.25) is 12.0 Å². The minimum Gasteiger partial charge on any atom is -0.345 e. The number of amides is 4. The zero-order chi connectivity index (χ0) is 16.2. The summed E-state index contributed by atoms with van der Waals surface area (Å²) >= 11 is 0. The first-order valence-electron chi connectivity index (χ1n) is 6.39. The van der Waals surface area contributed by atoms with Gasteiger partial charge in [0.25, 0.3) is 5.84 Å². The second-order valence-corrected chi connectivity index (χ2v) is 4.13. The van der Waals surface area contributed by atoms with Crippen LogP contribution in [0, 0.1) is 0 Å². The normalized spacial score (nSPS) is 18.1. The van der Waals surface area contributed by atoms with Gasteiger partial charge in [-0.1, -0.05) is 0 Å². The van der Waals surface area contributed by atoms with Crippen molar-refractivity contribution in [3.05, 3.63) is 0 Å². The molecular formula is C12H19N4O5+. The Hall–Kier alpha value is -2.13. The molecule has 0 saturated carbocycles. The van der Waals surface area contributed by atoms with Gasteiger partial charge in [0.1, 0.15) is 0 Å². The number of aliphatic imine (C=N–C) groups is 1. The second-order valence-electron chi connectivity index (χ2n) is 4.13. The molecule has 0 unspecified atom stereocenters. The van der Waals surface area contributed by atoms with E-state index >= 15 is 0 Å². The third kappa shape index (κ3) is 3.50. The van der Waals surface area contributed by atoms with Crippen molar-refractivity contribution in [2.75, 3.05) is 27.3 Å². The fourth-order valence-corrected chi connectivity index (χ4v) is 1.60. The molecule has 1 rings (SSSR count). The van der Waals surface area contributed by atoms with E-state index in [9.17, 15) is 14.4 Å². The van der Waals surface area contributed by atoms with Crippen molar-refractivity contribution in [3.8, 4) is 0 Å². The minimum absolute atomic E-state index is 0.191. The molecule has 0 radical (unpaired) electrons. The van der Waals surface area contributed by atoms with Crippen LogP contribution in [0.15, 0.2) is 4.99 Å². The number of carbonyl (C=O) groups is 3. The predicted octanol–water partition coefficient (Wildman–Crippen LogP) is -1.06. The monoisotopic (exact) mass is 299 g/mol. The molecule has 0 aromatic carbocycles. The SMILES string of the molecule is CCOC(OCC)C(=O)N=C1C(=O)N(C)C(=O)[N+](C)=C1N. The third-order valence-corrected chi connectivity index (χ3v) is 2.74. The molecule has 0 atom stereocenters. The number of nitrogens with zero attached hydrogens (tertiary/aromatic N) is 3. The first kappa shape index (κ1) is 16.9. The van der Waals surface area contributed by atoms with Crippen molar-refractivity contribution in [2.24, 2.45) is 10.7 Å². The van der Waals surface area contributed by atoms with Crippen LogP contribution >= 0.6 is 0 Å². The molecule has 0 saturated heterocycles. The van der Waals surface area contributed by atoms with Crippen LogP contribution in [0.4, 0.5) is 4.79 Å². The summed E-state index contributed by atoms with van der Waals surface area (Å²) < 4.78 is 11.2. The van der Waals surface area contributed by atoms with Crippen LogP contribution < -0.4 is 5.73 Å². The van der Waals surface area contributed by atoms with Crippen molar-refractivity contribution < 1.29 is 28.4 Å². The van der Waals surface area contributed by atoms with E-state index < -0.39 is 24.1 Å². The molecule has 1 aliphatic heterocycles. The smallest absolute Gasteiger partial charge is 0.345 e. The molecule has 9 nitrogen and oxygen atoms in total. The lowest BCUT2D eigenvalue weighted by Crippen LogP contribution is -2.55. The van der Waals surface area contributed by atoms with Crippen molar-refractivity contribution in [1.29, 1.82) is 0 Å². The van der Waals surface area contributed by atoms with Gasteiger partial charge >= 0.3 is 17.8 Å². The van der Waals surface area contributed by atoms with Crippen LogP contribution in [0.2, 0.25) is 0 Å². The topological polar surface area (TPSA) is 114 Å². The van der Waals surface area contributed by atoms with E-state index in [2.05, 4.69) is 4.99 Å². The van der Waals surface area contributed by atoms with E-state index in [-0.39, 0.29) is 24.8 Å². The zero-order valence-electron chi connectivity index (χ0n) is 12.5. The van der Waals surface area contributed by atoms with E-state index in [4.69, 9.17) is 15.2 Å². The quantitative estimate of drug-likeness (QED) is 0.511. The molecule has 0 aromatic heterocycles. The summed E-state index contributed by atoms with van der Waals surface area (Å²) in [6.07, 6.45) is -1.21. The Labute approximate surface area is 122 Å². The lowest BCUT2D eigenvalue weighted by atomic mass is 10.2. The number of ether oxygens (including phenoxy) is 2. The van der Waals surface area contributed by atoms with Gasteiger partial charge < -0.3 is 15.2 Å². The second kappa shape index (κ2) is 7.04. The summed E-state index contributed by atoms with van der Waals surface area (Å²) in [5, 5.41) is 0. The molecule has 0 spiro atoms. The zero-order valence-corrected chi connectivity index (χ0v) is 12.5. The van der Waals surface area contributed by atoms with E-state index in [1.54, 1.807) is 13.8 Å². The molecule has 21 heavy (non-hydrogen) atoms. The fraction of sp³-hybridized carbons (Fsp3) is 0.583. The van der Waals surface area contributed by atoms with Gasteiger partial charge in [-0.2, -0.15) is 14.5 Å². The van der Waals surface area contributed by atoms with Crippen LogP contribution in [-0.2, 0) is 19.1 Å². The summed E-state index contributed by atoms with van der Waals surface area (Å²) in [6, 6.07) is -0.602. The first-order chi connectivity index (χ1) is 9.84. The number of imide groups is 1. The van der Waals surface area contributed by atoms with Crippen molar-refractivity contribution in [3.63, 3.8) is 0 Å². The molecule has 0 fully saturated rings. The number of amidine groups is 1. The molecule has 0 aromatic rings. The number of carbonyl (C=O) groups excluding carboxylic acids is 3. The Morgan fingerprint density at radius 2 is 1.86 bits per heavy atom. The Kier molecular flexibility index (Phi) is 5.68. The summed E-state index contributed by atoms with van der Waals surface area (Å²) in [6.45, 7) is 3.87. The summed E-state index contributed by atoms with van der Waals surface area (Å²) in [5.41, 5.74) is 5.36. The average molecular weight is 299 g/mol. The molecule has 9 heteroatoms. The van der Waals surface area contributed by atoms with Gasteiger partial charge in [0.15, 0.2) is 0 Å². The Morgan fingerprint density at radius 1 is 1.33 bits per heavy atom. The first-order valence-corrected chi connectivity index (χ1v) is 6.39. The van der Waals surface area contributed by atoms with Gasteiger partial charge in [-0.25, -0.2) is 9.59 Å². The van der Waals surface area contributed by atoms with E-state index in [0.717, 1.165) is 9.48 Å². The minimum atomic E-state index is -1.21. The lowest BCUT2D eigenvalue weighted by Gasteiger charge is -2.18. The highest BCUT2D eigenvalue weighted by Gasteiger charge is 2.40. The molecule has 2 N–H and O–H groups in total. The van der Waals surface area contributed by atoms with Crippen LogP contribution in [0.3, 0.4) is 0 Å². The average Bonchev–Trinajstić information content (AvgIpc) is 2.47. The van der Waals surface area contributed by atoms with Gasteiger partial charge in [-0.15, -0.1) is 0 Å². The van der Waals surface area contributed by atoms with E-state index in [1.807, 2.05) is 0 Å². The Morgan fingerprint density at radius 3 is 2.33 bits per heavy atom. The standard InChI is InChI=1S/C12H18N4O5/c1-5-20-11(21-6-2)9(17)14-7-8(13)15(3)12(19)16(4)10(7)18/h11,13H,5-6H2,1-4H3/p+1. The predicted molar refractivity (Wildman–Crippen MR) is 73.0 cm³/mol. The largest absolute Gasteiger partial charge is 0.445 e. The van der Waals surface area contributed by atoms with E-state index in [0.29, 0.717) is 0 Å². The Balaban J connectivity index is 3.14. The van der Waals surface area contributed by atoms with Gasteiger partial charge in [0.05, 0.1) is 14.1 Å². The highest BCUT2D eigenvalue weighted by Crippen LogP contribution is 2.04. The summed E-state index contributed by atoms with van der Waals surface area (Å²) in [5.74, 6) is -1.74. The molecule has 1 aliphatic rings. The van der Waals surface area contributed by atoms with Gasteiger partial charge in [-0.3, -0.25) is 4.79 Å². The van der Waals surface area contributed by atoms with Crippen molar-refractivity contribution in [2.45, 2.75) is 20.1 Å². The third-order valence-electron chi connectivity index (χ3n) is 2.74. The maximum Gasteiger partial charge on any atom is 0.445 e. The highest BCUT2D eigenvalue weighted by molar-refractivity contribution is 6.67. The van der Waals surface area contributed by atoms with Crippen LogP contribution in [0.25, 0.3) is 0 Å². The highest BCUT2D eigenvalue weighted by atomic mass is 16.7. The summed E-state index contributed by atoms with van der Waals surface area (Å²) in [7, 11) is 2.65. The molecule has 0 aliphatic carbocycles. The number of hydrogen-bond acceptors (Lipinski definition) is 6. The maximum absolute atomic E-state index is 12.0.